The molecule has 1 aromatic rings. The number of aryl methyl sites for hydroxylation is 1. The van der Waals surface area contributed by atoms with Crippen LogP contribution in [0, 0.1) is 17.3 Å². The lowest BCUT2D eigenvalue weighted by Crippen LogP contribution is -2.39. The summed E-state index contributed by atoms with van der Waals surface area (Å²) in [5.74, 6) is 4.25. The van der Waals surface area contributed by atoms with Gasteiger partial charge < -0.3 is 10.2 Å². The van der Waals surface area contributed by atoms with Crippen LogP contribution in [0.4, 0.5) is 8.78 Å². The number of allylic oxidation sites excluding steroid dienone is 3. The Morgan fingerprint density at radius 1 is 1.24 bits per heavy atom. The Hall–Kier alpha value is -1.98. The molecule has 1 atom stereocenters. The Balaban J connectivity index is 0. The van der Waals surface area contributed by atoms with Gasteiger partial charge in [-0.3, -0.25) is 10.7 Å². The first-order chi connectivity index (χ1) is 15.8. The highest BCUT2D eigenvalue weighted by molar-refractivity contribution is 8.15. The van der Waals surface area contributed by atoms with E-state index < -0.39 is 10.7 Å². The maximum Gasteiger partial charge on any atom is 0.178 e. The lowest BCUT2D eigenvalue weighted by Gasteiger charge is -2.30. The van der Waals surface area contributed by atoms with Gasteiger partial charge in [-0.1, -0.05) is 68.8 Å². The molecular weight excluding hydrogens is 442 g/mol. The maximum absolute atomic E-state index is 13.8. The van der Waals surface area contributed by atoms with E-state index in [0.29, 0.717) is 6.42 Å². The zero-order chi connectivity index (χ0) is 25.9. The second-order valence-corrected chi connectivity index (χ2v) is 7.78. The Labute approximate surface area is 203 Å². The minimum Gasteiger partial charge on any atom is -0.397 e. The van der Waals surface area contributed by atoms with Crippen molar-refractivity contribution in [2.45, 2.75) is 72.6 Å². The molecule has 0 radical (unpaired) electrons. The Morgan fingerprint density at radius 2 is 1.82 bits per heavy atom. The van der Waals surface area contributed by atoms with Gasteiger partial charge in [0.2, 0.25) is 0 Å². The molecule has 0 heterocycles. The molecule has 0 amide bonds. The normalized spacial score (nSPS) is 16.8. The van der Waals surface area contributed by atoms with Gasteiger partial charge in [0.1, 0.15) is 0 Å². The van der Waals surface area contributed by atoms with E-state index in [2.05, 4.69) is 17.2 Å². The van der Waals surface area contributed by atoms with E-state index in [0.717, 1.165) is 18.4 Å². The monoisotopic (exact) mass is 482 g/mol. The Bertz CT molecular complexity index is 825. The fourth-order valence-electron chi connectivity index (χ4n) is 2.79. The van der Waals surface area contributed by atoms with E-state index in [-0.39, 0.29) is 29.8 Å². The smallest absolute Gasteiger partial charge is 0.178 e. The fraction of sp³-hybridized carbons (Fsp3) is 0.500. The van der Waals surface area contributed by atoms with Crippen molar-refractivity contribution in [1.29, 1.82) is 5.41 Å². The standard InChI is InChI=1S/C17H19FN2OS.C5H9F.C2H6O.C2H6/c1-3-6-15(18)12(2)16(19)22-17(20-11-21)10-9-13-7-4-5-8-14(13)17;1-3-5(6)4-2;1-2-3;1-2/h4-5,7-8,19-21H,9-11H2,1-2H3;3H,4H2,1-2H3;3H,2H2,1H3;1-2H3/b15-12-,19-16?;5-3+;;. The highest BCUT2D eigenvalue weighted by atomic mass is 32.2. The van der Waals surface area contributed by atoms with Crippen LogP contribution in [0.25, 0.3) is 0 Å². The fourth-order valence-corrected chi connectivity index (χ4v) is 4.03. The van der Waals surface area contributed by atoms with Crippen LogP contribution in [0.2, 0.25) is 0 Å². The highest BCUT2D eigenvalue weighted by Crippen LogP contribution is 2.46. The number of halogens is 2. The topological polar surface area (TPSA) is 76.3 Å². The molecule has 0 spiro atoms. The molecule has 0 saturated heterocycles. The van der Waals surface area contributed by atoms with Crippen molar-refractivity contribution in [2.75, 3.05) is 13.3 Å². The summed E-state index contributed by atoms with van der Waals surface area (Å²) >= 11 is 1.23. The van der Waals surface area contributed by atoms with Crippen molar-refractivity contribution in [3.63, 3.8) is 0 Å². The van der Waals surface area contributed by atoms with Gasteiger partial charge in [0.05, 0.1) is 22.5 Å². The highest BCUT2D eigenvalue weighted by Gasteiger charge is 2.40. The summed E-state index contributed by atoms with van der Waals surface area (Å²) in [5, 5.41) is 28.3. The van der Waals surface area contributed by atoms with Crippen LogP contribution in [0.5, 0.6) is 0 Å². The number of thioether (sulfide) groups is 1. The number of nitrogens with one attached hydrogen (secondary N) is 2. The summed E-state index contributed by atoms with van der Waals surface area (Å²) in [6, 6.07) is 7.96. The molecule has 2 rings (SSSR count). The molecule has 1 aliphatic rings. The van der Waals surface area contributed by atoms with E-state index in [9.17, 15) is 13.9 Å². The van der Waals surface area contributed by atoms with Crippen LogP contribution in [0.1, 0.15) is 72.4 Å². The number of fused-ring (bicyclic) bond motifs is 1. The first-order valence-corrected chi connectivity index (χ1v) is 12.0. The van der Waals surface area contributed by atoms with Gasteiger partial charge in [-0.05, 0) is 64.0 Å². The molecule has 0 fully saturated rings. The molecule has 7 heteroatoms. The van der Waals surface area contributed by atoms with E-state index in [4.69, 9.17) is 10.5 Å². The van der Waals surface area contributed by atoms with Crippen LogP contribution >= 0.6 is 11.8 Å². The molecule has 1 aliphatic carbocycles. The van der Waals surface area contributed by atoms with Crippen molar-refractivity contribution in [3.05, 3.63) is 58.7 Å². The number of rotatable bonds is 5. The molecule has 1 unspecified atom stereocenters. The van der Waals surface area contributed by atoms with Crippen LogP contribution in [0.3, 0.4) is 0 Å². The predicted molar refractivity (Wildman–Crippen MR) is 139 cm³/mol. The largest absolute Gasteiger partial charge is 0.397 e. The third-order valence-electron chi connectivity index (χ3n) is 4.40. The summed E-state index contributed by atoms with van der Waals surface area (Å²) in [5.41, 5.74) is 2.47. The van der Waals surface area contributed by atoms with Crippen molar-refractivity contribution < 1.29 is 19.0 Å². The second-order valence-electron chi connectivity index (χ2n) is 6.47. The zero-order valence-corrected chi connectivity index (χ0v) is 21.8. The Kier molecular flexibility index (Phi) is 19.6. The summed E-state index contributed by atoms with van der Waals surface area (Å²) in [6.07, 6.45) is 3.61. The number of hydrogen-bond donors (Lipinski definition) is 4. The van der Waals surface area contributed by atoms with Crippen LogP contribution in [-0.4, -0.2) is 28.6 Å². The molecule has 1 aromatic carbocycles. The number of hydrogen-bond acceptors (Lipinski definition) is 5. The van der Waals surface area contributed by atoms with Gasteiger partial charge in [-0.25, -0.2) is 4.39 Å². The third-order valence-corrected chi connectivity index (χ3v) is 5.82. The first-order valence-electron chi connectivity index (χ1n) is 11.2. The van der Waals surface area contributed by atoms with Gasteiger partial charge in [-0.15, -0.1) is 0 Å². The van der Waals surface area contributed by atoms with Crippen LogP contribution in [-0.2, 0) is 11.3 Å². The molecule has 0 bridgehead atoms. The van der Waals surface area contributed by atoms with Crippen molar-refractivity contribution >= 4 is 16.8 Å². The molecule has 4 N–H and O–H groups in total. The molecule has 4 nitrogen and oxygen atoms in total. The molecule has 186 valence electrons. The summed E-state index contributed by atoms with van der Waals surface area (Å²) < 4.78 is 25.5. The lowest BCUT2D eigenvalue weighted by molar-refractivity contribution is 0.231. The number of aliphatic hydroxyl groups excluding tert-OH is 2. The lowest BCUT2D eigenvalue weighted by atomic mass is 10.1. The summed E-state index contributed by atoms with van der Waals surface area (Å²) in [6.45, 7) is 12.3. The minimum absolute atomic E-state index is 0.0324. The van der Waals surface area contributed by atoms with Gasteiger partial charge in [0.15, 0.2) is 5.83 Å². The minimum atomic E-state index is -0.594. The van der Waals surface area contributed by atoms with E-state index >= 15 is 0 Å². The van der Waals surface area contributed by atoms with Crippen molar-refractivity contribution in [2.24, 2.45) is 0 Å². The van der Waals surface area contributed by atoms with Gasteiger partial charge >= 0.3 is 0 Å². The average molecular weight is 483 g/mol. The number of aliphatic hydroxyl groups is 2. The summed E-state index contributed by atoms with van der Waals surface area (Å²) in [4.78, 5) is -0.594. The predicted octanol–water partition coefficient (Wildman–Crippen LogP) is 6.60. The first kappa shape index (κ1) is 33.2. The third kappa shape index (κ3) is 11.6. The molecular formula is C26H40F2N2O2S. The zero-order valence-electron chi connectivity index (χ0n) is 21.0. The second kappa shape index (κ2) is 19.5. The summed E-state index contributed by atoms with van der Waals surface area (Å²) in [7, 11) is 0. The Morgan fingerprint density at radius 3 is 2.27 bits per heavy atom. The van der Waals surface area contributed by atoms with Gasteiger partial charge in [-0.2, -0.15) is 4.39 Å². The van der Waals surface area contributed by atoms with Gasteiger partial charge in [0, 0.05) is 12.2 Å². The average Bonchev–Trinajstić information content (AvgIpc) is 3.18. The van der Waals surface area contributed by atoms with Crippen LogP contribution in [0.15, 0.2) is 47.6 Å². The quantitative estimate of drug-likeness (QED) is 0.165. The maximum atomic E-state index is 13.8. The van der Waals surface area contributed by atoms with E-state index in [1.807, 2.05) is 38.1 Å². The van der Waals surface area contributed by atoms with Crippen molar-refractivity contribution in [1.82, 2.24) is 5.32 Å². The van der Waals surface area contributed by atoms with E-state index in [1.54, 1.807) is 34.6 Å². The van der Waals surface area contributed by atoms with E-state index in [1.165, 1.54) is 23.4 Å². The molecule has 0 aliphatic heterocycles. The van der Waals surface area contributed by atoms with Crippen molar-refractivity contribution in [3.8, 4) is 11.8 Å². The molecule has 0 aromatic heterocycles. The number of benzene rings is 1. The SMILES string of the molecule is C/C=C(/F)CC.CC.CC#C/C(F)=C(\C)C(=N)SC1(NCO)CCc2ccccc21.CCO. The van der Waals surface area contributed by atoms with Crippen LogP contribution < -0.4 is 5.32 Å². The van der Waals surface area contributed by atoms with Gasteiger partial charge in [0.25, 0.3) is 0 Å². The molecule has 33 heavy (non-hydrogen) atoms. The molecule has 0 saturated carbocycles.